The predicted molar refractivity (Wildman–Crippen MR) is 63.3 cm³/mol. The molecule has 0 aliphatic carbocycles. The Kier molecular flexibility index (Phi) is 3.54. The van der Waals surface area contributed by atoms with Crippen molar-refractivity contribution in [2.75, 3.05) is 6.61 Å². The van der Waals surface area contributed by atoms with E-state index in [-0.39, 0.29) is 0 Å². The molecule has 0 bridgehead atoms. The third kappa shape index (κ3) is 3.09. The van der Waals surface area contributed by atoms with Gasteiger partial charge in [-0.2, -0.15) is 0 Å². The molecule has 0 saturated heterocycles. The highest BCUT2D eigenvalue weighted by molar-refractivity contribution is 5.30. The van der Waals surface area contributed by atoms with Crippen LogP contribution in [0.1, 0.15) is 11.1 Å². The van der Waals surface area contributed by atoms with Crippen LogP contribution in [0.3, 0.4) is 0 Å². The molecule has 0 unspecified atom stereocenters. The van der Waals surface area contributed by atoms with E-state index in [2.05, 4.69) is 4.98 Å². The van der Waals surface area contributed by atoms with E-state index in [1.807, 2.05) is 36.4 Å². The van der Waals surface area contributed by atoms with Gasteiger partial charge in [0, 0.05) is 18.8 Å². The Morgan fingerprint density at radius 1 is 1.12 bits per heavy atom. The molecule has 0 atom stereocenters. The lowest BCUT2D eigenvalue weighted by molar-refractivity contribution is 0.322. The molecule has 0 spiro atoms. The van der Waals surface area contributed by atoms with E-state index >= 15 is 0 Å². The van der Waals surface area contributed by atoms with Gasteiger partial charge in [-0.15, -0.1) is 0 Å². The lowest BCUT2D eigenvalue weighted by Gasteiger charge is -2.06. The Morgan fingerprint density at radius 2 is 1.94 bits per heavy atom. The number of pyridine rings is 1. The fourth-order valence-electron chi connectivity index (χ4n) is 1.44. The van der Waals surface area contributed by atoms with E-state index in [0.717, 1.165) is 17.7 Å². The topological polar surface area (TPSA) is 22.1 Å². The molecule has 0 N–H and O–H groups in total. The van der Waals surface area contributed by atoms with Crippen LogP contribution in [0, 0.1) is 6.92 Å². The molecule has 2 heteroatoms. The van der Waals surface area contributed by atoms with Crippen LogP contribution in [0.15, 0.2) is 48.8 Å². The summed E-state index contributed by atoms with van der Waals surface area (Å²) in [4.78, 5) is 3.97. The second kappa shape index (κ2) is 5.31. The SMILES string of the molecule is [CH]c1cccc(OCCc2ccncc2)c1. The second-order valence-electron chi connectivity index (χ2n) is 3.53. The molecule has 2 radical (unpaired) electrons. The van der Waals surface area contributed by atoms with Crippen molar-refractivity contribution >= 4 is 0 Å². The van der Waals surface area contributed by atoms with Gasteiger partial charge in [-0.3, -0.25) is 4.98 Å². The smallest absolute Gasteiger partial charge is 0.119 e. The summed E-state index contributed by atoms with van der Waals surface area (Å²) < 4.78 is 5.59. The lowest BCUT2D eigenvalue weighted by atomic mass is 10.2. The summed E-state index contributed by atoms with van der Waals surface area (Å²) in [6, 6.07) is 11.4. The Balaban J connectivity index is 1.85. The lowest BCUT2D eigenvalue weighted by Crippen LogP contribution is -2.01. The fraction of sp³-hybridized carbons (Fsp3) is 0.143. The number of ether oxygens (including phenoxy) is 1. The molecular weight excluding hydrogens is 198 g/mol. The molecule has 0 amide bonds. The summed E-state index contributed by atoms with van der Waals surface area (Å²) >= 11 is 0. The summed E-state index contributed by atoms with van der Waals surface area (Å²) in [7, 11) is 0. The van der Waals surface area contributed by atoms with Crippen molar-refractivity contribution in [3.8, 4) is 5.75 Å². The van der Waals surface area contributed by atoms with Gasteiger partial charge in [0.25, 0.3) is 0 Å². The Labute approximate surface area is 95.9 Å². The number of nitrogens with zero attached hydrogens (tertiary/aromatic N) is 1. The Bertz CT molecular complexity index is 439. The first-order chi connectivity index (χ1) is 7.84. The van der Waals surface area contributed by atoms with Gasteiger partial charge in [-0.25, -0.2) is 0 Å². The minimum absolute atomic E-state index is 0.646. The van der Waals surface area contributed by atoms with Gasteiger partial charge in [0.2, 0.25) is 0 Å². The average molecular weight is 211 g/mol. The minimum Gasteiger partial charge on any atom is -0.493 e. The molecule has 0 fully saturated rings. The molecule has 2 aromatic rings. The van der Waals surface area contributed by atoms with Crippen LogP contribution in [0.4, 0.5) is 0 Å². The van der Waals surface area contributed by atoms with Crippen molar-refractivity contribution in [3.63, 3.8) is 0 Å². The molecule has 1 aromatic carbocycles. The monoisotopic (exact) mass is 211 g/mol. The van der Waals surface area contributed by atoms with Crippen molar-refractivity contribution < 1.29 is 4.74 Å². The fourth-order valence-corrected chi connectivity index (χ4v) is 1.44. The predicted octanol–water partition coefficient (Wildman–Crippen LogP) is 2.76. The van der Waals surface area contributed by atoms with Crippen LogP contribution in [0.2, 0.25) is 0 Å². The van der Waals surface area contributed by atoms with Crippen molar-refractivity contribution in [3.05, 3.63) is 66.8 Å². The number of hydrogen-bond donors (Lipinski definition) is 0. The summed E-state index contributed by atoms with van der Waals surface area (Å²) in [5.41, 5.74) is 1.94. The molecule has 2 rings (SSSR count). The van der Waals surface area contributed by atoms with Gasteiger partial charge in [0.05, 0.1) is 6.61 Å². The molecule has 0 aliphatic rings. The number of benzene rings is 1. The number of aromatic nitrogens is 1. The van der Waals surface area contributed by atoms with Crippen LogP contribution >= 0.6 is 0 Å². The molecular formula is C14H13NO. The highest BCUT2D eigenvalue weighted by Gasteiger charge is 1.95. The van der Waals surface area contributed by atoms with Gasteiger partial charge in [-0.1, -0.05) is 12.1 Å². The minimum atomic E-state index is 0.646. The number of rotatable bonds is 4. The van der Waals surface area contributed by atoms with Crippen LogP contribution in [-0.2, 0) is 6.42 Å². The first-order valence-electron chi connectivity index (χ1n) is 5.22. The maximum atomic E-state index is 5.65. The standard InChI is InChI=1S/C14H13NO/c1-12-3-2-4-14(11-12)16-10-7-13-5-8-15-9-6-13/h1-6,8-9,11H,7,10H2. The first kappa shape index (κ1) is 10.7. The molecule has 80 valence electrons. The van der Waals surface area contributed by atoms with Crippen LogP contribution in [0.25, 0.3) is 0 Å². The Hall–Kier alpha value is -1.83. The molecule has 1 heterocycles. The number of hydrogen-bond acceptors (Lipinski definition) is 2. The third-order valence-electron chi connectivity index (χ3n) is 2.27. The van der Waals surface area contributed by atoms with Gasteiger partial charge >= 0.3 is 0 Å². The largest absolute Gasteiger partial charge is 0.493 e. The second-order valence-corrected chi connectivity index (χ2v) is 3.53. The van der Waals surface area contributed by atoms with Crippen molar-refractivity contribution in [1.29, 1.82) is 0 Å². The van der Waals surface area contributed by atoms with Crippen molar-refractivity contribution in [2.45, 2.75) is 6.42 Å². The van der Waals surface area contributed by atoms with E-state index < -0.39 is 0 Å². The normalized spacial score (nSPS) is 10.1. The molecule has 2 nitrogen and oxygen atoms in total. The molecule has 16 heavy (non-hydrogen) atoms. The summed E-state index contributed by atoms with van der Waals surface area (Å²) in [6.07, 6.45) is 4.45. The third-order valence-corrected chi connectivity index (χ3v) is 2.27. The van der Waals surface area contributed by atoms with Crippen LogP contribution < -0.4 is 4.74 Å². The zero-order valence-corrected chi connectivity index (χ0v) is 8.97. The van der Waals surface area contributed by atoms with Crippen molar-refractivity contribution in [2.24, 2.45) is 0 Å². The Morgan fingerprint density at radius 3 is 2.69 bits per heavy atom. The summed E-state index contributed by atoms with van der Waals surface area (Å²) in [5.74, 6) is 0.814. The summed E-state index contributed by atoms with van der Waals surface area (Å²) in [6.45, 7) is 6.30. The van der Waals surface area contributed by atoms with Crippen molar-refractivity contribution in [1.82, 2.24) is 4.98 Å². The highest BCUT2D eigenvalue weighted by Crippen LogP contribution is 2.12. The van der Waals surface area contributed by atoms with E-state index in [9.17, 15) is 0 Å². The molecule has 0 aliphatic heterocycles. The maximum Gasteiger partial charge on any atom is 0.119 e. The van der Waals surface area contributed by atoms with Gasteiger partial charge < -0.3 is 4.74 Å². The van der Waals surface area contributed by atoms with Gasteiger partial charge in [-0.05, 0) is 42.3 Å². The zero-order chi connectivity index (χ0) is 11.2. The van der Waals surface area contributed by atoms with E-state index in [4.69, 9.17) is 11.7 Å². The molecule has 1 aromatic heterocycles. The quantitative estimate of drug-likeness (QED) is 0.775. The van der Waals surface area contributed by atoms with E-state index in [1.165, 1.54) is 5.56 Å². The highest BCUT2D eigenvalue weighted by atomic mass is 16.5. The van der Waals surface area contributed by atoms with Gasteiger partial charge in [0.15, 0.2) is 0 Å². The van der Waals surface area contributed by atoms with Crippen LogP contribution in [-0.4, -0.2) is 11.6 Å². The van der Waals surface area contributed by atoms with Crippen LogP contribution in [0.5, 0.6) is 5.75 Å². The van der Waals surface area contributed by atoms with Gasteiger partial charge in [0.1, 0.15) is 5.75 Å². The van der Waals surface area contributed by atoms with E-state index in [0.29, 0.717) is 6.61 Å². The van der Waals surface area contributed by atoms with E-state index in [1.54, 1.807) is 12.4 Å². The zero-order valence-electron chi connectivity index (χ0n) is 8.97. The maximum absolute atomic E-state index is 5.65. The summed E-state index contributed by atoms with van der Waals surface area (Å²) in [5, 5.41) is 0. The average Bonchev–Trinajstić information content (AvgIpc) is 2.30. The first-order valence-corrected chi connectivity index (χ1v) is 5.22. The molecule has 0 saturated carbocycles.